The zero-order valence-corrected chi connectivity index (χ0v) is 12.1. The Morgan fingerprint density at radius 2 is 2.12 bits per heavy atom. The maximum atomic E-state index is 5.54. The van der Waals surface area contributed by atoms with Crippen molar-refractivity contribution in [2.45, 2.75) is 19.3 Å². The fraction of sp³-hybridized carbons (Fsp3) is 0.538. The van der Waals surface area contributed by atoms with Gasteiger partial charge in [-0.05, 0) is 31.5 Å². The number of halogens is 1. The summed E-state index contributed by atoms with van der Waals surface area (Å²) in [5.74, 6) is 2.19. The van der Waals surface area contributed by atoms with Gasteiger partial charge in [-0.25, -0.2) is 0 Å². The summed E-state index contributed by atoms with van der Waals surface area (Å²) in [5.41, 5.74) is 2.51. The molecule has 0 amide bonds. The topological polar surface area (TPSA) is 30.5 Å². The molecule has 0 spiro atoms. The minimum atomic E-state index is 0.511. The molecule has 4 heteroatoms. The molecule has 3 nitrogen and oxygen atoms in total. The quantitative estimate of drug-likeness (QED) is 0.931. The lowest BCUT2D eigenvalue weighted by Crippen LogP contribution is -2.10. The van der Waals surface area contributed by atoms with Gasteiger partial charge in [-0.3, -0.25) is 0 Å². The molecule has 1 unspecified atom stereocenters. The normalized spacial score (nSPS) is 19.4. The van der Waals surface area contributed by atoms with E-state index >= 15 is 0 Å². The van der Waals surface area contributed by atoms with Gasteiger partial charge in [0.05, 0.1) is 14.2 Å². The molecule has 2 rings (SSSR count). The van der Waals surface area contributed by atoms with E-state index in [1.54, 1.807) is 14.2 Å². The third-order valence-electron chi connectivity index (χ3n) is 3.38. The summed E-state index contributed by atoms with van der Waals surface area (Å²) in [5, 5.41) is 3.39. The summed E-state index contributed by atoms with van der Waals surface area (Å²) in [7, 11) is 3.38. The van der Waals surface area contributed by atoms with Gasteiger partial charge in [0.15, 0.2) is 11.5 Å². The molecule has 1 aliphatic heterocycles. The second-order valence-corrected chi connectivity index (χ2v) is 5.18. The van der Waals surface area contributed by atoms with Crippen molar-refractivity contribution < 1.29 is 9.47 Å². The van der Waals surface area contributed by atoms with E-state index in [0.29, 0.717) is 5.92 Å². The predicted molar refractivity (Wildman–Crippen MR) is 72.2 cm³/mol. The average Bonchev–Trinajstić information content (AvgIpc) is 2.85. The van der Waals surface area contributed by atoms with Gasteiger partial charge in [0, 0.05) is 22.5 Å². The van der Waals surface area contributed by atoms with E-state index < -0.39 is 0 Å². The van der Waals surface area contributed by atoms with E-state index in [1.165, 1.54) is 11.1 Å². The highest BCUT2D eigenvalue weighted by Crippen LogP contribution is 2.43. The van der Waals surface area contributed by atoms with Gasteiger partial charge < -0.3 is 14.8 Å². The van der Waals surface area contributed by atoms with Crippen LogP contribution in [0.4, 0.5) is 0 Å². The zero-order valence-electron chi connectivity index (χ0n) is 10.5. The van der Waals surface area contributed by atoms with Crippen molar-refractivity contribution in [3.63, 3.8) is 0 Å². The van der Waals surface area contributed by atoms with E-state index in [1.807, 2.05) is 6.07 Å². The Morgan fingerprint density at radius 3 is 2.65 bits per heavy atom. The summed E-state index contributed by atoms with van der Waals surface area (Å²) >= 11 is 3.59. The van der Waals surface area contributed by atoms with Crippen LogP contribution in [0.1, 0.15) is 23.5 Å². The second-order valence-electron chi connectivity index (χ2n) is 4.32. The number of nitrogens with one attached hydrogen (secondary N) is 1. The fourth-order valence-corrected chi connectivity index (χ4v) is 2.90. The molecule has 1 aromatic carbocycles. The minimum Gasteiger partial charge on any atom is -0.493 e. The van der Waals surface area contributed by atoms with Gasteiger partial charge in [0.1, 0.15) is 0 Å². The van der Waals surface area contributed by atoms with Crippen LogP contribution in [0.25, 0.3) is 0 Å². The first kappa shape index (κ1) is 12.7. The lowest BCUT2D eigenvalue weighted by atomic mass is 9.92. The largest absolute Gasteiger partial charge is 0.493 e. The summed E-state index contributed by atoms with van der Waals surface area (Å²) in [6.45, 7) is 4.21. The van der Waals surface area contributed by atoms with Crippen LogP contribution >= 0.6 is 15.9 Å². The highest BCUT2D eigenvalue weighted by Gasteiger charge is 2.25. The van der Waals surface area contributed by atoms with Gasteiger partial charge in [-0.15, -0.1) is 0 Å². The van der Waals surface area contributed by atoms with Crippen LogP contribution < -0.4 is 14.8 Å². The molecule has 0 radical (unpaired) electrons. The van der Waals surface area contributed by atoms with Crippen LogP contribution in [-0.2, 0) is 0 Å². The number of benzene rings is 1. The zero-order chi connectivity index (χ0) is 12.4. The molecule has 0 aromatic heterocycles. The summed E-state index contributed by atoms with van der Waals surface area (Å²) in [6, 6.07) is 1.97. The summed E-state index contributed by atoms with van der Waals surface area (Å²) in [6.07, 6.45) is 1.15. The molecule has 1 aromatic rings. The van der Waals surface area contributed by atoms with E-state index in [4.69, 9.17) is 9.47 Å². The Hall–Kier alpha value is -0.740. The first-order valence-corrected chi connectivity index (χ1v) is 6.60. The summed E-state index contributed by atoms with van der Waals surface area (Å²) < 4.78 is 12.0. The monoisotopic (exact) mass is 299 g/mol. The molecule has 1 aliphatic rings. The Morgan fingerprint density at radius 1 is 1.35 bits per heavy atom. The maximum absolute atomic E-state index is 5.54. The van der Waals surface area contributed by atoms with Crippen LogP contribution in [0, 0.1) is 6.92 Å². The van der Waals surface area contributed by atoms with Crippen molar-refractivity contribution >= 4 is 15.9 Å². The van der Waals surface area contributed by atoms with E-state index in [0.717, 1.165) is 35.5 Å². The van der Waals surface area contributed by atoms with Crippen molar-refractivity contribution in [2.75, 3.05) is 27.3 Å². The third kappa shape index (κ3) is 2.29. The highest BCUT2D eigenvalue weighted by atomic mass is 79.9. The van der Waals surface area contributed by atoms with Crippen molar-refractivity contribution in [3.8, 4) is 11.5 Å². The van der Waals surface area contributed by atoms with Gasteiger partial charge >= 0.3 is 0 Å². The van der Waals surface area contributed by atoms with Crippen molar-refractivity contribution in [1.29, 1.82) is 0 Å². The molecule has 1 heterocycles. The molecule has 1 saturated heterocycles. The van der Waals surface area contributed by atoms with Crippen molar-refractivity contribution in [3.05, 3.63) is 21.7 Å². The highest BCUT2D eigenvalue weighted by molar-refractivity contribution is 9.10. The molecule has 0 bridgehead atoms. The smallest absolute Gasteiger partial charge is 0.164 e. The SMILES string of the molecule is COc1cc(Br)c(C)c(C2CCNC2)c1OC. The molecule has 1 fully saturated rings. The first-order chi connectivity index (χ1) is 8.19. The third-order valence-corrected chi connectivity index (χ3v) is 4.20. The van der Waals surface area contributed by atoms with Crippen molar-refractivity contribution in [1.82, 2.24) is 5.32 Å². The Labute approximate surface area is 111 Å². The van der Waals surface area contributed by atoms with Crippen LogP contribution in [0.15, 0.2) is 10.5 Å². The van der Waals surface area contributed by atoms with Crippen LogP contribution in [0.3, 0.4) is 0 Å². The number of hydrogen-bond acceptors (Lipinski definition) is 3. The van der Waals surface area contributed by atoms with Gasteiger partial charge in [-0.1, -0.05) is 15.9 Å². The van der Waals surface area contributed by atoms with E-state index in [9.17, 15) is 0 Å². The molecular weight excluding hydrogens is 282 g/mol. The molecule has 1 atom stereocenters. The van der Waals surface area contributed by atoms with Gasteiger partial charge in [0.25, 0.3) is 0 Å². The molecule has 0 saturated carbocycles. The molecular formula is C13H18BrNO2. The predicted octanol–water partition coefficient (Wildman–Crippen LogP) is 2.85. The molecule has 17 heavy (non-hydrogen) atoms. The van der Waals surface area contributed by atoms with E-state index in [2.05, 4.69) is 28.2 Å². The number of rotatable bonds is 3. The maximum Gasteiger partial charge on any atom is 0.164 e. The Balaban J connectivity index is 2.56. The first-order valence-electron chi connectivity index (χ1n) is 5.80. The lowest BCUT2D eigenvalue weighted by Gasteiger charge is -2.20. The van der Waals surface area contributed by atoms with Crippen LogP contribution in [0.2, 0.25) is 0 Å². The Kier molecular flexibility index (Phi) is 3.94. The molecule has 0 aliphatic carbocycles. The van der Waals surface area contributed by atoms with Crippen molar-refractivity contribution in [2.24, 2.45) is 0 Å². The van der Waals surface area contributed by atoms with Gasteiger partial charge in [-0.2, -0.15) is 0 Å². The number of methoxy groups -OCH3 is 2. The standard InChI is InChI=1S/C13H18BrNO2/c1-8-10(14)6-11(16-2)13(17-3)12(8)9-4-5-15-7-9/h6,9,15H,4-5,7H2,1-3H3. The van der Waals surface area contributed by atoms with Crippen LogP contribution in [0.5, 0.6) is 11.5 Å². The number of hydrogen-bond donors (Lipinski definition) is 1. The second kappa shape index (κ2) is 5.27. The van der Waals surface area contributed by atoms with Crippen LogP contribution in [-0.4, -0.2) is 27.3 Å². The molecule has 94 valence electrons. The average molecular weight is 300 g/mol. The minimum absolute atomic E-state index is 0.511. The van der Waals surface area contributed by atoms with Gasteiger partial charge in [0.2, 0.25) is 0 Å². The Bertz CT molecular complexity index is 414. The fourth-order valence-electron chi connectivity index (χ4n) is 2.48. The summed E-state index contributed by atoms with van der Waals surface area (Å²) in [4.78, 5) is 0. The molecule has 1 N–H and O–H groups in total. The number of ether oxygens (including phenoxy) is 2. The lowest BCUT2D eigenvalue weighted by molar-refractivity contribution is 0.349. The van der Waals surface area contributed by atoms with E-state index in [-0.39, 0.29) is 0 Å².